The van der Waals surface area contributed by atoms with E-state index in [4.69, 9.17) is 9.47 Å². The van der Waals surface area contributed by atoms with Gasteiger partial charge in [-0.2, -0.15) is 0 Å². The van der Waals surface area contributed by atoms with Crippen LogP contribution in [-0.4, -0.2) is 26.3 Å². The largest absolute Gasteiger partial charge is 0.473 e. The molecule has 0 N–H and O–H groups in total. The highest BCUT2D eigenvalue weighted by atomic mass is 19.1. The molecule has 0 amide bonds. The molecule has 0 bridgehead atoms. The fourth-order valence-corrected chi connectivity index (χ4v) is 7.61. The molecule has 1 unspecified atom stereocenters. The second-order valence-electron chi connectivity index (χ2n) is 12.6. The van der Waals surface area contributed by atoms with Gasteiger partial charge < -0.3 is 14.4 Å². The lowest BCUT2D eigenvalue weighted by Crippen LogP contribution is -2.37. The minimum absolute atomic E-state index is 0.163. The number of allylic oxidation sites excluding steroid dienone is 3. The lowest BCUT2D eigenvalue weighted by Gasteiger charge is -2.40. The normalized spacial score (nSPS) is 21.7. The van der Waals surface area contributed by atoms with Crippen LogP contribution < -0.4 is 9.64 Å². The molecular formula is C38H32F3NO2. The maximum absolute atomic E-state index is 15.0. The minimum Gasteiger partial charge on any atom is -0.473 e. The zero-order chi connectivity index (χ0) is 30.2. The van der Waals surface area contributed by atoms with E-state index >= 15 is 0 Å². The summed E-state index contributed by atoms with van der Waals surface area (Å²) in [4.78, 5) is 2.30. The second kappa shape index (κ2) is 9.86. The number of fused-ring (bicyclic) bond motifs is 8. The van der Waals surface area contributed by atoms with E-state index in [0.29, 0.717) is 30.8 Å². The highest BCUT2D eigenvalue weighted by Crippen LogP contribution is 2.58. The van der Waals surface area contributed by atoms with E-state index in [1.807, 2.05) is 12.1 Å². The summed E-state index contributed by atoms with van der Waals surface area (Å²) in [6, 6.07) is 18.1. The number of ether oxygens (including phenoxy) is 2. The lowest BCUT2D eigenvalue weighted by molar-refractivity contribution is 0.122. The molecule has 44 heavy (non-hydrogen) atoms. The van der Waals surface area contributed by atoms with Crippen LogP contribution in [0.5, 0.6) is 5.75 Å². The Balaban J connectivity index is 1.35. The Kier molecular flexibility index (Phi) is 6.11. The summed E-state index contributed by atoms with van der Waals surface area (Å²) in [7, 11) is 0. The number of halogens is 3. The Labute approximate surface area is 254 Å². The van der Waals surface area contributed by atoms with Crippen LogP contribution in [0, 0.1) is 11.6 Å². The molecule has 8 rings (SSSR count). The summed E-state index contributed by atoms with van der Waals surface area (Å²) in [5.74, 6) is -0.236. The molecule has 3 nitrogen and oxygen atoms in total. The average Bonchev–Trinajstić information content (AvgIpc) is 3.27. The Morgan fingerprint density at radius 2 is 1.55 bits per heavy atom. The Morgan fingerprint density at radius 3 is 2.30 bits per heavy atom. The molecule has 2 aliphatic heterocycles. The van der Waals surface area contributed by atoms with Gasteiger partial charge in [0, 0.05) is 47.1 Å². The molecule has 0 aromatic heterocycles. The predicted molar refractivity (Wildman–Crippen MR) is 169 cm³/mol. The zero-order valence-corrected chi connectivity index (χ0v) is 24.7. The molecule has 1 fully saturated rings. The summed E-state index contributed by atoms with van der Waals surface area (Å²) < 4.78 is 56.6. The second-order valence-corrected chi connectivity index (χ2v) is 12.6. The van der Waals surface area contributed by atoms with E-state index in [-0.39, 0.29) is 23.9 Å². The van der Waals surface area contributed by atoms with Gasteiger partial charge in [-0.3, -0.25) is 0 Å². The molecule has 0 spiro atoms. The number of benzene rings is 4. The maximum Gasteiger partial charge on any atom is 0.174 e. The molecule has 6 heteroatoms. The summed E-state index contributed by atoms with van der Waals surface area (Å²) >= 11 is 0. The fourth-order valence-electron chi connectivity index (χ4n) is 7.61. The number of anilines is 1. The van der Waals surface area contributed by atoms with E-state index in [1.54, 1.807) is 12.1 Å². The van der Waals surface area contributed by atoms with Crippen LogP contribution in [0.3, 0.4) is 0 Å². The molecule has 0 radical (unpaired) electrons. The number of rotatable bonds is 3. The van der Waals surface area contributed by atoms with Gasteiger partial charge >= 0.3 is 0 Å². The number of nitrogens with zero attached hydrogens (tertiary/aromatic N) is 1. The fraction of sp³-hybridized carbons (Fsp3) is 0.263. The predicted octanol–water partition coefficient (Wildman–Crippen LogP) is 9.14. The first kappa shape index (κ1) is 27.3. The van der Waals surface area contributed by atoms with Crippen molar-refractivity contribution >= 4 is 22.5 Å². The summed E-state index contributed by atoms with van der Waals surface area (Å²) in [5, 5.41) is 1.51. The van der Waals surface area contributed by atoms with Crippen LogP contribution in [0.4, 0.5) is 18.9 Å². The minimum atomic E-state index is -1.02. The first-order valence-corrected chi connectivity index (χ1v) is 15.2. The van der Waals surface area contributed by atoms with Gasteiger partial charge in [0.2, 0.25) is 0 Å². The third kappa shape index (κ3) is 4.00. The van der Waals surface area contributed by atoms with Crippen molar-refractivity contribution in [2.45, 2.75) is 37.7 Å². The van der Waals surface area contributed by atoms with Crippen molar-refractivity contribution in [2.24, 2.45) is 0 Å². The van der Waals surface area contributed by atoms with Gasteiger partial charge in [-0.05, 0) is 88.2 Å². The van der Waals surface area contributed by atoms with Crippen molar-refractivity contribution in [3.8, 4) is 16.9 Å². The van der Waals surface area contributed by atoms with E-state index < -0.39 is 11.0 Å². The Bertz CT molecular complexity index is 1930. The van der Waals surface area contributed by atoms with Gasteiger partial charge in [-0.15, -0.1) is 0 Å². The monoisotopic (exact) mass is 591 g/mol. The number of morpholine rings is 1. The molecule has 0 saturated carbocycles. The molecule has 4 aromatic rings. The summed E-state index contributed by atoms with van der Waals surface area (Å²) in [6.45, 7) is 7.25. The van der Waals surface area contributed by atoms with Crippen molar-refractivity contribution in [1.29, 1.82) is 0 Å². The van der Waals surface area contributed by atoms with Crippen LogP contribution in [-0.2, 0) is 15.8 Å². The smallest absolute Gasteiger partial charge is 0.174 e. The SMILES string of the molecule is CC1(C)c2cc(F)ccc2-c2c1c1c(c3cc(F)ccc23)OC(C2=CC=C(F)CC2)(c2ccc(N3CCOCC3)cc2)C=C1. The Morgan fingerprint density at radius 1 is 0.795 bits per heavy atom. The number of hydrogen-bond acceptors (Lipinski definition) is 3. The van der Waals surface area contributed by atoms with Crippen LogP contribution in [0.1, 0.15) is 48.9 Å². The van der Waals surface area contributed by atoms with Crippen molar-refractivity contribution in [3.63, 3.8) is 0 Å². The standard InChI is InChI=1S/C38H32F3NO2/c1-37(2)33-22-27(41)10-14-30(33)34-29-13-9-26(40)21-32(29)36-31(35(34)37)15-16-38(44-36,23-3-7-25(39)8-4-23)24-5-11-28(12-6-24)42-17-19-43-20-18-42/h3,5-7,9-16,21-22H,4,8,17-20H2,1-2H3. The van der Waals surface area contributed by atoms with E-state index in [2.05, 4.69) is 55.2 Å². The van der Waals surface area contributed by atoms with Gasteiger partial charge in [0.05, 0.1) is 13.2 Å². The maximum atomic E-state index is 15.0. The molecule has 1 atom stereocenters. The first-order valence-electron chi connectivity index (χ1n) is 15.2. The van der Waals surface area contributed by atoms with Crippen LogP contribution in [0.25, 0.3) is 28.0 Å². The van der Waals surface area contributed by atoms with Crippen molar-refractivity contribution in [3.05, 3.63) is 124 Å². The highest BCUT2D eigenvalue weighted by Gasteiger charge is 2.45. The highest BCUT2D eigenvalue weighted by molar-refractivity contribution is 6.08. The Hall–Kier alpha value is -4.29. The lowest BCUT2D eigenvalue weighted by atomic mass is 9.75. The van der Waals surface area contributed by atoms with Gasteiger partial charge in [0.25, 0.3) is 0 Å². The van der Waals surface area contributed by atoms with Crippen molar-refractivity contribution < 1.29 is 22.6 Å². The van der Waals surface area contributed by atoms with Crippen molar-refractivity contribution in [1.82, 2.24) is 0 Å². The summed E-state index contributed by atoms with van der Waals surface area (Å²) in [6.07, 6.45) is 8.26. The van der Waals surface area contributed by atoms with Gasteiger partial charge in [0.1, 0.15) is 23.2 Å². The first-order chi connectivity index (χ1) is 21.3. The van der Waals surface area contributed by atoms with Crippen molar-refractivity contribution in [2.75, 3.05) is 31.2 Å². The molecule has 4 aliphatic rings. The molecular weight excluding hydrogens is 559 g/mol. The third-order valence-corrected chi connectivity index (χ3v) is 9.80. The van der Waals surface area contributed by atoms with E-state index in [9.17, 15) is 13.2 Å². The molecule has 2 aliphatic carbocycles. The quantitative estimate of drug-likeness (QED) is 0.237. The van der Waals surface area contributed by atoms with Crippen LogP contribution in [0.2, 0.25) is 0 Å². The summed E-state index contributed by atoms with van der Waals surface area (Å²) in [5.41, 5.74) is 6.11. The molecule has 2 heterocycles. The molecule has 4 aromatic carbocycles. The van der Waals surface area contributed by atoms with Gasteiger partial charge in [-0.1, -0.05) is 50.3 Å². The third-order valence-electron chi connectivity index (χ3n) is 9.80. The zero-order valence-electron chi connectivity index (χ0n) is 24.7. The van der Waals surface area contributed by atoms with E-state index in [1.165, 1.54) is 24.3 Å². The average molecular weight is 592 g/mol. The van der Waals surface area contributed by atoms with E-state index in [0.717, 1.165) is 63.1 Å². The van der Waals surface area contributed by atoms with Crippen LogP contribution in [0.15, 0.2) is 90.3 Å². The van der Waals surface area contributed by atoms with Gasteiger partial charge in [0.15, 0.2) is 5.60 Å². The van der Waals surface area contributed by atoms with Crippen LogP contribution >= 0.6 is 0 Å². The topological polar surface area (TPSA) is 21.7 Å². The number of hydrogen-bond donors (Lipinski definition) is 0. The molecule has 222 valence electrons. The van der Waals surface area contributed by atoms with Gasteiger partial charge in [-0.25, -0.2) is 13.2 Å². The molecule has 1 saturated heterocycles.